The molecule has 0 spiro atoms. The molecule has 1 fully saturated rings. The molecule has 1 amide bonds. The molecule has 0 aliphatic carbocycles. The number of nitrogens with one attached hydrogen (secondary N) is 1. The van der Waals surface area contributed by atoms with Gasteiger partial charge in [-0.15, -0.1) is 0 Å². The topological polar surface area (TPSA) is 91.7 Å². The fourth-order valence-corrected chi connectivity index (χ4v) is 5.87. The lowest BCUT2D eigenvalue weighted by Crippen LogP contribution is -2.63. The van der Waals surface area contributed by atoms with E-state index in [-0.39, 0.29) is 5.92 Å². The standard InChI is InChI=1S/C27H41N3O4S/c1-9-11-20-17-21(18-28)30(25(31)34-26(4,5)6)23(20)24(27(7,33-8)16-10-2)29-35(32)22-14-12-19(3)13-15-22/h9,11-15,20-21,23-24,29H,10,16-17H2,1-8H3/b11-9-/t20-,21-,23-,24?,27+,35-/m1/s1. The Balaban J connectivity index is 2.62. The van der Waals surface area contributed by atoms with Crippen LogP contribution in [-0.2, 0) is 20.5 Å². The number of aryl methyl sites for hydroxylation is 1. The van der Waals surface area contributed by atoms with Crippen molar-refractivity contribution in [2.75, 3.05) is 7.11 Å². The van der Waals surface area contributed by atoms with E-state index < -0.39 is 46.4 Å². The van der Waals surface area contributed by atoms with Gasteiger partial charge in [-0.1, -0.05) is 43.2 Å². The number of nitriles is 1. The summed E-state index contributed by atoms with van der Waals surface area (Å²) in [6.45, 7) is 13.3. The average Bonchev–Trinajstić information content (AvgIpc) is 3.15. The van der Waals surface area contributed by atoms with Crippen molar-refractivity contribution in [1.29, 1.82) is 5.26 Å². The SMILES string of the molecule is C/C=C\[C@@H]1C[C@H](C#N)N(C(=O)OC(C)(C)C)[C@H]1C(N[S@](=O)c1ccc(C)cc1)[C@](C)(CCC)OC. The van der Waals surface area contributed by atoms with Gasteiger partial charge in [-0.3, -0.25) is 4.90 Å². The molecule has 1 saturated heterocycles. The summed E-state index contributed by atoms with van der Waals surface area (Å²) in [5.74, 6) is -0.143. The number of nitrogens with zero attached hydrogens (tertiary/aromatic N) is 2. The van der Waals surface area contributed by atoms with E-state index in [1.54, 1.807) is 27.9 Å². The van der Waals surface area contributed by atoms with Crippen molar-refractivity contribution in [1.82, 2.24) is 9.62 Å². The number of allylic oxidation sites excluding steroid dienone is 1. The van der Waals surface area contributed by atoms with Gasteiger partial charge in [0.1, 0.15) is 22.6 Å². The molecular formula is C27H41N3O4S. The predicted octanol–water partition coefficient (Wildman–Crippen LogP) is 5.27. The molecule has 0 saturated carbocycles. The maximum Gasteiger partial charge on any atom is 0.411 e. The number of carbonyl (C=O) groups is 1. The first-order valence-corrected chi connectivity index (χ1v) is 13.4. The Labute approximate surface area is 213 Å². The highest BCUT2D eigenvalue weighted by molar-refractivity contribution is 7.83. The molecule has 1 aromatic carbocycles. The van der Waals surface area contributed by atoms with Crippen LogP contribution in [-0.4, -0.2) is 51.6 Å². The van der Waals surface area contributed by atoms with E-state index in [0.717, 1.165) is 12.0 Å². The van der Waals surface area contributed by atoms with Crippen LogP contribution in [0.2, 0.25) is 0 Å². The third-order valence-corrected chi connectivity index (χ3v) is 7.63. The number of carbonyl (C=O) groups excluding carboxylic acids is 1. The molecule has 0 radical (unpaired) electrons. The van der Waals surface area contributed by atoms with E-state index >= 15 is 0 Å². The molecule has 0 aromatic heterocycles. The fraction of sp³-hybridized carbons (Fsp3) is 0.630. The highest BCUT2D eigenvalue weighted by Gasteiger charge is 2.53. The third-order valence-electron chi connectivity index (χ3n) is 6.47. The fourth-order valence-electron chi connectivity index (χ4n) is 4.73. The average molecular weight is 504 g/mol. The maximum absolute atomic E-state index is 13.5. The maximum atomic E-state index is 13.5. The van der Waals surface area contributed by atoms with Crippen LogP contribution in [0.4, 0.5) is 4.79 Å². The molecule has 1 N–H and O–H groups in total. The van der Waals surface area contributed by atoms with Crippen molar-refractivity contribution >= 4 is 17.1 Å². The van der Waals surface area contributed by atoms with Crippen LogP contribution in [0.1, 0.15) is 66.4 Å². The van der Waals surface area contributed by atoms with Crippen molar-refractivity contribution in [2.45, 2.75) is 102 Å². The molecule has 6 atom stereocenters. The molecule has 1 aromatic rings. The van der Waals surface area contributed by atoms with Gasteiger partial charge >= 0.3 is 6.09 Å². The number of hydrogen-bond acceptors (Lipinski definition) is 5. The minimum absolute atomic E-state index is 0.143. The molecule has 1 unspecified atom stereocenters. The van der Waals surface area contributed by atoms with Crippen molar-refractivity contribution in [3.05, 3.63) is 42.0 Å². The first-order chi connectivity index (χ1) is 16.4. The molecule has 35 heavy (non-hydrogen) atoms. The smallest absolute Gasteiger partial charge is 0.411 e. The zero-order valence-electron chi connectivity index (χ0n) is 22.3. The molecule has 1 aliphatic heterocycles. The van der Waals surface area contributed by atoms with Gasteiger partial charge in [0, 0.05) is 13.0 Å². The highest BCUT2D eigenvalue weighted by Crippen LogP contribution is 2.39. The molecule has 0 bridgehead atoms. The first kappa shape index (κ1) is 29.0. The zero-order chi connectivity index (χ0) is 26.4. The van der Waals surface area contributed by atoms with Gasteiger partial charge in [0.25, 0.3) is 0 Å². The second-order valence-corrected chi connectivity index (χ2v) is 11.6. The Kier molecular flexibility index (Phi) is 10.1. The number of rotatable bonds is 9. The van der Waals surface area contributed by atoms with E-state index in [0.29, 0.717) is 17.7 Å². The summed E-state index contributed by atoms with van der Waals surface area (Å²) in [7, 11) is 0.0728. The number of benzene rings is 1. The summed E-state index contributed by atoms with van der Waals surface area (Å²) in [6, 6.07) is 8.09. The van der Waals surface area contributed by atoms with E-state index in [1.807, 2.05) is 57.2 Å². The van der Waals surface area contributed by atoms with Gasteiger partial charge < -0.3 is 9.47 Å². The molecule has 194 valence electrons. The summed E-state index contributed by atoms with van der Waals surface area (Å²) in [6.07, 6.45) is 5.36. The Morgan fingerprint density at radius 2 is 1.94 bits per heavy atom. The summed E-state index contributed by atoms with van der Waals surface area (Å²) < 4.78 is 28.6. The minimum atomic E-state index is -1.56. The van der Waals surface area contributed by atoms with Crippen LogP contribution in [0.3, 0.4) is 0 Å². The monoisotopic (exact) mass is 503 g/mol. The molecular weight excluding hydrogens is 462 g/mol. The Bertz CT molecular complexity index is 951. The molecule has 1 aliphatic rings. The van der Waals surface area contributed by atoms with Crippen molar-refractivity contribution in [3.8, 4) is 6.07 Å². The largest absolute Gasteiger partial charge is 0.444 e. The van der Waals surface area contributed by atoms with Crippen LogP contribution in [0.25, 0.3) is 0 Å². The Morgan fingerprint density at radius 1 is 1.31 bits per heavy atom. The Hall–Kier alpha value is -2.21. The summed E-state index contributed by atoms with van der Waals surface area (Å²) >= 11 is 0. The van der Waals surface area contributed by atoms with Crippen LogP contribution in [0.15, 0.2) is 41.3 Å². The lowest BCUT2D eigenvalue weighted by molar-refractivity contribution is -0.0540. The van der Waals surface area contributed by atoms with Gasteiger partial charge in [-0.05, 0) is 66.5 Å². The molecule has 2 rings (SSSR count). The minimum Gasteiger partial charge on any atom is -0.444 e. The third kappa shape index (κ3) is 7.16. The van der Waals surface area contributed by atoms with E-state index in [4.69, 9.17) is 9.47 Å². The second kappa shape index (κ2) is 12.2. The van der Waals surface area contributed by atoms with Gasteiger partial charge in [-0.2, -0.15) is 5.26 Å². The van der Waals surface area contributed by atoms with Gasteiger partial charge in [-0.25, -0.2) is 13.7 Å². The van der Waals surface area contributed by atoms with Crippen LogP contribution >= 0.6 is 0 Å². The van der Waals surface area contributed by atoms with Gasteiger partial charge in [0.15, 0.2) is 0 Å². The lowest BCUT2D eigenvalue weighted by atomic mass is 9.81. The van der Waals surface area contributed by atoms with Crippen LogP contribution < -0.4 is 4.72 Å². The van der Waals surface area contributed by atoms with Gasteiger partial charge in [0.2, 0.25) is 0 Å². The number of likely N-dealkylation sites (tertiary alicyclic amines) is 1. The quantitative estimate of drug-likeness (QED) is 0.463. The summed E-state index contributed by atoms with van der Waals surface area (Å²) in [5, 5.41) is 9.98. The molecule has 1 heterocycles. The summed E-state index contributed by atoms with van der Waals surface area (Å²) in [4.78, 5) is 15.6. The van der Waals surface area contributed by atoms with Gasteiger partial charge in [0.05, 0.1) is 28.6 Å². The lowest BCUT2D eigenvalue weighted by Gasteiger charge is -2.44. The Morgan fingerprint density at radius 3 is 2.43 bits per heavy atom. The van der Waals surface area contributed by atoms with E-state index in [9.17, 15) is 14.3 Å². The molecule has 8 heteroatoms. The van der Waals surface area contributed by atoms with Crippen molar-refractivity contribution in [3.63, 3.8) is 0 Å². The van der Waals surface area contributed by atoms with E-state index in [1.165, 1.54) is 4.90 Å². The van der Waals surface area contributed by atoms with E-state index in [2.05, 4.69) is 17.7 Å². The number of hydrogen-bond donors (Lipinski definition) is 1. The van der Waals surface area contributed by atoms with Crippen LogP contribution in [0.5, 0.6) is 0 Å². The first-order valence-electron chi connectivity index (χ1n) is 12.2. The van der Waals surface area contributed by atoms with Crippen molar-refractivity contribution in [2.24, 2.45) is 5.92 Å². The molecule has 7 nitrogen and oxygen atoms in total. The van der Waals surface area contributed by atoms with Crippen LogP contribution in [0, 0.1) is 24.2 Å². The zero-order valence-corrected chi connectivity index (χ0v) is 23.1. The number of ether oxygens (including phenoxy) is 2. The normalized spacial score (nSPS) is 24.1. The predicted molar refractivity (Wildman–Crippen MR) is 139 cm³/mol. The summed E-state index contributed by atoms with van der Waals surface area (Å²) in [5.41, 5.74) is -0.404. The highest BCUT2D eigenvalue weighted by atomic mass is 32.2. The van der Waals surface area contributed by atoms with Crippen molar-refractivity contribution < 1.29 is 18.5 Å². The number of methoxy groups -OCH3 is 1. The number of amides is 1. The second-order valence-electron chi connectivity index (χ2n) is 10.4.